The molecule has 0 spiro atoms. The van der Waals surface area contributed by atoms with Gasteiger partial charge in [-0.05, 0) is 23.6 Å². The van der Waals surface area contributed by atoms with Gasteiger partial charge in [0.25, 0.3) is 0 Å². The number of rotatable bonds is 5. The predicted octanol–water partition coefficient (Wildman–Crippen LogP) is 3.11. The Labute approximate surface area is 131 Å². The monoisotopic (exact) mass is 317 g/mol. The number of thiazole rings is 1. The molecular weight excluding hydrogens is 302 g/mol. The minimum atomic E-state index is 0.00477. The molecule has 108 valence electrons. The number of thiophene rings is 1. The number of carbonyl (C=O) groups is 1. The summed E-state index contributed by atoms with van der Waals surface area (Å²) in [5, 5.41) is 5.80. The number of para-hydroxylation sites is 1. The van der Waals surface area contributed by atoms with E-state index in [0.717, 1.165) is 20.2 Å². The Kier molecular flexibility index (Phi) is 4.17. The lowest BCUT2D eigenvalue weighted by molar-refractivity contribution is -0.119. The van der Waals surface area contributed by atoms with Crippen molar-refractivity contribution < 1.29 is 4.79 Å². The zero-order valence-electron chi connectivity index (χ0n) is 11.6. The van der Waals surface area contributed by atoms with Crippen LogP contribution in [-0.2, 0) is 11.3 Å². The average molecular weight is 317 g/mol. The molecule has 1 N–H and O–H groups in total. The standard InChI is InChI=1S/C15H15N3OS2/c1-18(10-14(19)16-9-11-5-4-8-20-11)15-17-12-6-2-3-7-13(12)21-15/h2-8H,9-10H2,1H3,(H,16,19). The number of hydrogen-bond donors (Lipinski definition) is 1. The molecule has 0 radical (unpaired) electrons. The summed E-state index contributed by atoms with van der Waals surface area (Å²) in [6, 6.07) is 12.0. The molecule has 0 aliphatic heterocycles. The molecule has 0 saturated carbocycles. The molecule has 0 unspecified atom stereocenters. The van der Waals surface area contributed by atoms with Gasteiger partial charge in [-0.25, -0.2) is 4.98 Å². The summed E-state index contributed by atoms with van der Waals surface area (Å²) in [7, 11) is 1.89. The quantitative estimate of drug-likeness (QED) is 0.786. The molecule has 3 aromatic rings. The number of fused-ring (bicyclic) bond motifs is 1. The number of anilines is 1. The first kappa shape index (κ1) is 14.0. The predicted molar refractivity (Wildman–Crippen MR) is 89.1 cm³/mol. The minimum absolute atomic E-state index is 0.00477. The number of hydrogen-bond acceptors (Lipinski definition) is 5. The van der Waals surface area contributed by atoms with Crippen LogP contribution in [0.1, 0.15) is 4.88 Å². The molecule has 2 heterocycles. The van der Waals surface area contributed by atoms with E-state index < -0.39 is 0 Å². The Morgan fingerprint density at radius 3 is 2.90 bits per heavy atom. The van der Waals surface area contributed by atoms with Crippen molar-refractivity contribution in [2.45, 2.75) is 6.54 Å². The third-order valence-corrected chi connectivity index (χ3v) is 5.06. The SMILES string of the molecule is CN(CC(=O)NCc1cccs1)c1nc2ccccc2s1. The summed E-state index contributed by atoms with van der Waals surface area (Å²) in [5.74, 6) is 0.00477. The van der Waals surface area contributed by atoms with Crippen molar-refractivity contribution in [1.29, 1.82) is 0 Å². The van der Waals surface area contributed by atoms with Crippen molar-refractivity contribution in [2.75, 3.05) is 18.5 Å². The zero-order valence-corrected chi connectivity index (χ0v) is 13.2. The van der Waals surface area contributed by atoms with E-state index >= 15 is 0 Å². The first-order valence-corrected chi connectivity index (χ1v) is 8.28. The summed E-state index contributed by atoms with van der Waals surface area (Å²) in [4.78, 5) is 19.5. The number of likely N-dealkylation sites (N-methyl/N-ethyl adjacent to an activating group) is 1. The molecule has 0 bridgehead atoms. The molecule has 3 rings (SSSR count). The van der Waals surface area contributed by atoms with E-state index in [1.165, 1.54) is 0 Å². The smallest absolute Gasteiger partial charge is 0.239 e. The molecule has 0 aliphatic carbocycles. The van der Waals surface area contributed by atoms with E-state index in [0.29, 0.717) is 13.1 Å². The third kappa shape index (κ3) is 3.40. The van der Waals surface area contributed by atoms with Gasteiger partial charge in [0.1, 0.15) is 0 Å². The molecule has 1 amide bonds. The van der Waals surface area contributed by atoms with Gasteiger partial charge in [0.2, 0.25) is 5.91 Å². The number of benzene rings is 1. The maximum absolute atomic E-state index is 12.0. The van der Waals surface area contributed by atoms with Crippen LogP contribution in [0.15, 0.2) is 41.8 Å². The molecule has 6 heteroatoms. The van der Waals surface area contributed by atoms with Gasteiger partial charge in [0.15, 0.2) is 5.13 Å². The van der Waals surface area contributed by atoms with Crippen LogP contribution in [0, 0.1) is 0 Å². The highest BCUT2D eigenvalue weighted by atomic mass is 32.1. The second-order valence-corrected chi connectivity index (χ2v) is 6.72. The molecule has 1 aromatic carbocycles. The Bertz CT molecular complexity index is 703. The van der Waals surface area contributed by atoms with Crippen LogP contribution in [0.5, 0.6) is 0 Å². The Morgan fingerprint density at radius 2 is 2.14 bits per heavy atom. The van der Waals surface area contributed by atoms with E-state index in [1.54, 1.807) is 22.7 Å². The average Bonchev–Trinajstić information content (AvgIpc) is 3.14. The lowest BCUT2D eigenvalue weighted by atomic mass is 10.3. The zero-order chi connectivity index (χ0) is 14.7. The highest BCUT2D eigenvalue weighted by Gasteiger charge is 2.11. The molecular formula is C15H15N3OS2. The van der Waals surface area contributed by atoms with Crippen molar-refractivity contribution in [3.63, 3.8) is 0 Å². The number of amides is 1. The van der Waals surface area contributed by atoms with Crippen LogP contribution >= 0.6 is 22.7 Å². The molecule has 21 heavy (non-hydrogen) atoms. The van der Waals surface area contributed by atoms with E-state index in [-0.39, 0.29) is 5.91 Å². The van der Waals surface area contributed by atoms with Crippen molar-refractivity contribution in [2.24, 2.45) is 0 Å². The Balaban J connectivity index is 1.60. The highest BCUT2D eigenvalue weighted by Crippen LogP contribution is 2.27. The maximum Gasteiger partial charge on any atom is 0.239 e. The molecule has 2 aromatic heterocycles. The Hall–Kier alpha value is -1.92. The van der Waals surface area contributed by atoms with E-state index in [9.17, 15) is 4.79 Å². The fourth-order valence-corrected chi connectivity index (χ4v) is 3.53. The summed E-state index contributed by atoms with van der Waals surface area (Å²) in [6.45, 7) is 0.898. The van der Waals surface area contributed by atoms with Gasteiger partial charge in [-0.3, -0.25) is 4.79 Å². The first-order valence-electron chi connectivity index (χ1n) is 6.58. The van der Waals surface area contributed by atoms with Gasteiger partial charge in [0, 0.05) is 11.9 Å². The molecule has 4 nitrogen and oxygen atoms in total. The summed E-state index contributed by atoms with van der Waals surface area (Å²) < 4.78 is 1.14. The van der Waals surface area contributed by atoms with Crippen LogP contribution < -0.4 is 10.2 Å². The van der Waals surface area contributed by atoms with Gasteiger partial charge in [0.05, 0.1) is 23.3 Å². The second-order valence-electron chi connectivity index (χ2n) is 4.68. The highest BCUT2D eigenvalue weighted by molar-refractivity contribution is 7.22. The number of nitrogens with zero attached hydrogens (tertiary/aromatic N) is 2. The first-order chi connectivity index (χ1) is 10.2. The minimum Gasteiger partial charge on any atom is -0.350 e. The summed E-state index contributed by atoms with van der Waals surface area (Å²) >= 11 is 3.24. The largest absolute Gasteiger partial charge is 0.350 e. The second kappa shape index (κ2) is 6.24. The van der Waals surface area contributed by atoms with Crippen LogP contribution in [0.4, 0.5) is 5.13 Å². The fraction of sp³-hybridized carbons (Fsp3) is 0.200. The van der Waals surface area contributed by atoms with Gasteiger partial charge < -0.3 is 10.2 Å². The van der Waals surface area contributed by atoms with Crippen LogP contribution in [0.3, 0.4) is 0 Å². The van der Waals surface area contributed by atoms with Gasteiger partial charge in [-0.15, -0.1) is 11.3 Å². The van der Waals surface area contributed by atoms with Crippen molar-refractivity contribution in [3.05, 3.63) is 46.7 Å². The van der Waals surface area contributed by atoms with Crippen molar-refractivity contribution >= 4 is 43.9 Å². The molecule has 0 atom stereocenters. The van der Waals surface area contributed by atoms with Crippen LogP contribution in [0.25, 0.3) is 10.2 Å². The molecule has 0 aliphatic rings. The number of carbonyl (C=O) groups excluding carboxylic acids is 1. The normalized spacial score (nSPS) is 10.7. The summed E-state index contributed by atoms with van der Waals surface area (Å²) in [6.07, 6.45) is 0. The lowest BCUT2D eigenvalue weighted by Gasteiger charge is -2.14. The van der Waals surface area contributed by atoms with Gasteiger partial charge in [-0.2, -0.15) is 0 Å². The number of aromatic nitrogens is 1. The van der Waals surface area contributed by atoms with E-state index in [2.05, 4.69) is 10.3 Å². The Morgan fingerprint density at radius 1 is 1.29 bits per heavy atom. The van der Waals surface area contributed by atoms with Crippen molar-refractivity contribution in [1.82, 2.24) is 10.3 Å². The van der Waals surface area contributed by atoms with Gasteiger partial charge in [-0.1, -0.05) is 29.5 Å². The van der Waals surface area contributed by atoms with Crippen molar-refractivity contribution in [3.8, 4) is 0 Å². The van der Waals surface area contributed by atoms with E-state index in [1.807, 2.05) is 53.7 Å². The van der Waals surface area contributed by atoms with E-state index in [4.69, 9.17) is 0 Å². The fourth-order valence-electron chi connectivity index (χ4n) is 1.96. The van der Waals surface area contributed by atoms with Crippen LogP contribution in [-0.4, -0.2) is 24.5 Å². The molecule has 0 saturated heterocycles. The summed E-state index contributed by atoms with van der Waals surface area (Å²) in [5.41, 5.74) is 0.975. The van der Waals surface area contributed by atoms with Crippen LogP contribution in [0.2, 0.25) is 0 Å². The topological polar surface area (TPSA) is 45.2 Å². The maximum atomic E-state index is 12.0. The third-order valence-electron chi connectivity index (χ3n) is 3.03. The lowest BCUT2D eigenvalue weighted by Crippen LogP contribution is -2.34. The molecule has 0 fully saturated rings. The van der Waals surface area contributed by atoms with Gasteiger partial charge >= 0.3 is 0 Å². The number of nitrogens with one attached hydrogen (secondary N) is 1.